The fraction of sp³-hybridized carbons (Fsp3) is 0.368. The second-order valence-electron chi connectivity index (χ2n) is 6.35. The molecule has 0 aliphatic carbocycles. The van der Waals surface area contributed by atoms with Crippen LogP contribution >= 0.6 is 0 Å². The third-order valence-corrected chi connectivity index (χ3v) is 4.65. The Hall–Kier alpha value is -2.94. The summed E-state index contributed by atoms with van der Waals surface area (Å²) in [4.78, 5) is 16.0. The van der Waals surface area contributed by atoms with E-state index in [-0.39, 0.29) is 5.78 Å². The van der Waals surface area contributed by atoms with Crippen LogP contribution in [0.4, 0.5) is 11.5 Å². The van der Waals surface area contributed by atoms with Crippen LogP contribution in [0.15, 0.2) is 36.5 Å². The molecule has 6 heteroatoms. The molecule has 0 bridgehead atoms. The molecule has 0 radical (unpaired) electrons. The van der Waals surface area contributed by atoms with Crippen molar-refractivity contribution in [1.82, 2.24) is 10.2 Å². The predicted molar refractivity (Wildman–Crippen MR) is 96.8 cm³/mol. The number of benzene rings is 1. The molecule has 1 aliphatic rings. The zero-order chi connectivity index (χ0) is 17.8. The number of ketones is 1. The minimum Gasteiger partial charge on any atom is -0.371 e. The van der Waals surface area contributed by atoms with Crippen molar-refractivity contribution in [3.05, 3.63) is 47.7 Å². The second kappa shape index (κ2) is 7.31. The molecule has 0 spiro atoms. The highest BCUT2D eigenvalue weighted by Gasteiger charge is 2.27. The van der Waals surface area contributed by atoms with Crippen molar-refractivity contribution >= 4 is 17.3 Å². The van der Waals surface area contributed by atoms with Crippen molar-refractivity contribution in [3.8, 4) is 6.07 Å². The molecule has 2 aromatic rings. The Balaban J connectivity index is 1.82. The zero-order valence-electron chi connectivity index (χ0n) is 14.5. The summed E-state index contributed by atoms with van der Waals surface area (Å²) in [5, 5.41) is 17.6. The van der Waals surface area contributed by atoms with Gasteiger partial charge in [-0.2, -0.15) is 10.4 Å². The van der Waals surface area contributed by atoms with Crippen molar-refractivity contribution < 1.29 is 4.79 Å². The average Bonchev–Trinajstić information content (AvgIpc) is 3.09. The Morgan fingerprint density at radius 2 is 2.28 bits per heavy atom. The molecule has 0 N–H and O–H groups in total. The van der Waals surface area contributed by atoms with Gasteiger partial charge in [0.2, 0.25) is 0 Å². The molecular weight excluding hydrogens is 314 g/mol. The molecule has 1 saturated heterocycles. The number of hydrogen-bond donors (Lipinski definition) is 0. The van der Waals surface area contributed by atoms with Crippen molar-refractivity contribution in [3.63, 3.8) is 0 Å². The smallest absolute Gasteiger partial charge is 0.159 e. The van der Waals surface area contributed by atoms with Crippen molar-refractivity contribution in [2.75, 3.05) is 29.9 Å². The van der Waals surface area contributed by atoms with E-state index in [1.54, 1.807) is 18.3 Å². The molecule has 1 unspecified atom stereocenters. The third-order valence-electron chi connectivity index (χ3n) is 4.65. The maximum absolute atomic E-state index is 11.7. The molecule has 6 nitrogen and oxygen atoms in total. The molecule has 1 aliphatic heterocycles. The first-order valence-electron chi connectivity index (χ1n) is 8.40. The van der Waals surface area contributed by atoms with E-state index in [9.17, 15) is 10.1 Å². The van der Waals surface area contributed by atoms with Crippen LogP contribution in [0, 0.1) is 11.3 Å². The average molecular weight is 335 g/mol. The summed E-state index contributed by atoms with van der Waals surface area (Å²) in [6.45, 7) is 3.25. The number of rotatable bonds is 5. The molecule has 1 fully saturated rings. The Kier molecular flexibility index (Phi) is 4.94. The number of Topliss-reactive ketones (excluding diaryl/α,β-unsaturated/α-hetero) is 1. The first-order valence-corrected chi connectivity index (χ1v) is 8.40. The van der Waals surface area contributed by atoms with E-state index in [1.807, 2.05) is 25.2 Å². The normalized spacial score (nSPS) is 16.5. The first kappa shape index (κ1) is 16.9. The van der Waals surface area contributed by atoms with Gasteiger partial charge in [-0.05, 0) is 50.1 Å². The highest BCUT2D eigenvalue weighted by Crippen LogP contribution is 2.27. The van der Waals surface area contributed by atoms with E-state index in [1.165, 1.54) is 6.92 Å². The van der Waals surface area contributed by atoms with E-state index in [2.05, 4.69) is 26.1 Å². The molecule has 0 amide bonds. The SMILES string of the molecule is CC(=O)c1ccc(C#N)c(N(C)CC2CCCN2c2cccnn2)c1. The molecule has 1 aromatic heterocycles. The number of hydrogen-bond acceptors (Lipinski definition) is 6. The van der Waals surface area contributed by atoms with Gasteiger partial charge in [-0.3, -0.25) is 4.79 Å². The summed E-state index contributed by atoms with van der Waals surface area (Å²) in [7, 11) is 1.97. The summed E-state index contributed by atoms with van der Waals surface area (Å²) in [5.41, 5.74) is 2.00. The highest BCUT2D eigenvalue weighted by molar-refractivity contribution is 5.95. The highest BCUT2D eigenvalue weighted by atomic mass is 16.1. The van der Waals surface area contributed by atoms with Crippen molar-refractivity contribution in [2.24, 2.45) is 0 Å². The Morgan fingerprint density at radius 3 is 2.96 bits per heavy atom. The van der Waals surface area contributed by atoms with Crippen LogP contribution in [-0.4, -0.2) is 42.2 Å². The molecular formula is C19H21N5O. The van der Waals surface area contributed by atoms with Gasteiger partial charge in [-0.1, -0.05) is 0 Å². The van der Waals surface area contributed by atoms with Gasteiger partial charge in [-0.25, -0.2) is 0 Å². The summed E-state index contributed by atoms with van der Waals surface area (Å²) in [5.74, 6) is 0.887. The minimum atomic E-state index is 0.00110. The number of anilines is 2. The number of nitrogens with zero attached hydrogens (tertiary/aromatic N) is 5. The molecule has 3 rings (SSSR count). The zero-order valence-corrected chi connectivity index (χ0v) is 14.5. The first-order chi connectivity index (χ1) is 12.1. The van der Waals surface area contributed by atoms with Crippen molar-refractivity contribution in [2.45, 2.75) is 25.8 Å². The lowest BCUT2D eigenvalue weighted by Gasteiger charge is -2.30. The Morgan fingerprint density at radius 1 is 1.44 bits per heavy atom. The van der Waals surface area contributed by atoms with E-state index < -0.39 is 0 Å². The fourth-order valence-corrected chi connectivity index (χ4v) is 3.35. The number of carbonyl (C=O) groups excluding carboxylic acids is 1. The predicted octanol–water partition coefficient (Wildman–Crippen LogP) is 2.66. The molecule has 2 heterocycles. The fourth-order valence-electron chi connectivity index (χ4n) is 3.35. The minimum absolute atomic E-state index is 0.00110. The molecule has 128 valence electrons. The summed E-state index contributed by atoms with van der Waals surface area (Å²) in [6, 6.07) is 11.6. The van der Waals surface area contributed by atoms with Gasteiger partial charge in [-0.15, -0.1) is 5.10 Å². The lowest BCUT2D eigenvalue weighted by Crippen LogP contribution is -2.39. The largest absolute Gasteiger partial charge is 0.371 e. The Bertz CT molecular complexity index is 799. The lowest BCUT2D eigenvalue weighted by molar-refractivity contribution is 0.101. The van der Waals surface area contributed by atoms with Crippen LogP contribution in [0.2, 0.25) is 0 Å². The molecule has 1 aromatic carbocycles. The van der Waals surface area contributed by atoms with Crippen LogP contribution in [0.1, 0.15) is 35.7 Å². The Labute approximate surface area is 147 Å². The van der Waals surface area contributed by atoms with Gasteiger partial charge in [0.15, 0.2) is 11.6 Å². The van der Waals surface area contributed by atoms with E-state index >= 15 is 0 Å². The summed E-state index contributed by atoms with van der Waals surface area (Å²) < 4.78 is 0. The van der Waals surface area contributed by atoms with E-state index in [4.69, 9.17) is 0 Å². The maximum atomic E-state index is 11.7. The number of carbonyl (C=O) groups is 1. The van der Waals surface area contributed by atoms with Gasteiger partial charge in [0, 0.05) is 37.9 Å². The summed E-state index contributed by atoms with van der Waals surface area (Å²) in [6.07, 6.45) is 3.84. The number of nitriles is 1. The molecule has 0 saturated carbocycles. The summed E-state index contributed by atoms with van der Waals surface area (Å²) >= 11 is 0. The number of aromatic nitrogens is 2. The maximum Gasteiger partial charge on any atom is 0.159 e. The van der Waals surface area contributed by atoms with Gasteiger partial charge in [0.25, 0.3) is 0 Å². The van der Waals surface area contributed by atoms with Crippen LogP contribution < -0.4 is 9.80 Å². The third kappa shape index (κ3) is 3.61. The molecule has 1 atom stereocenters. The van der Waals surface area contributed by atoms with Gasteiger partial charge >= 0.3 is 0 Å². The van der Waals surface area contributed by atoms with Crippen molar-refractivity contribution in [1.29, 1.82) is 5.26 Å². The molecule has 25 heavy (non-hydrogen) atoms. The van der Waals surface area contributed by atoms with Crippen LogP contribution in [-0.2, 0) is 0 Å². The number of likely N-dealkylation sites (N-methyl/N-ethyl adjacent to an activating group) is 1. The second-order valence-corrected chi connectivity index (χ2v) is 6.35. The van der Waals surface area contributed by atoms with E-state index in [0.717, 1.165) is 37.4 Å². The van der Waals surface area contributed by atoms with Gasteiger partial charge < -0.3 is 9.80 Å². The van der Waals surface area contributed by atoms with Gasteiger partial charge in [0.1, 0.15) is 6.07 Å². The van der Waals surface area contributed by atoms with Crippen LogP contribution in [0.25, 0.3) is 0 Å². The monoisotopic (exact) mass is 335 g/mol. The van der Waals surface area contributed by atoms with Crippen LogP contribution in [0.3, 0.4) is 0 Å². The topological polar surface area (TPSA) is 73.1 Å². The van der Waals surface area contributed by atoms with Gasteiger partial charge in [0.05, 0.1) is 11.3 Å². The van der Waals surface area contributed by atoms with Crippen LogP contribution in [0.5, 0.6) is 0 Å². The standard InChI is InChI=1S/C19H21N5O/c1-14(25)15-7-8-16(12-20)18(11-15)23(2)13-17-5-4-10-24(17)19-6-3-9-21-22-19/h3,6-9,11,17H,4-5,10,13H2,1-2H3. The quantitative estimate of drug-likeness (QED) is 0.782. The lowest BCUT2D eigenvalue weighted by atomic mass is 10.1. The van der Waals surface area contributed by atoms with E-state index in [0.29, 0.717) is 17.2 Å².